The summed E-state index contributed by atoms with van der Waals surface area (Å²) < 4.78 is 10.8. The fourth-order valence-corrected chi connectivity index (χ4v) is 3.47. The predicted molar refractivity (Wildman–Crippen MR) is 118 cm³/mol. The lowest BCUT2D eigenvalue weighted by Crippen LogP contribution is -2.21. The molecule has 2 aromatic carbocycles. The number of fused-ring (bicyclic) bond motifs is 1. The fourth-order valence-electron chi connectivity index (χ4n) is 3.47. The van der Waals surface area contributed by atoms with E-state index in [2.05, 4.69) is 34.3 Å². The van der Waals surface area contributed by atoms with Crippen molar-refractivity contribution in [3.05, 3.63) is 71.6 Å². The van der Waals surface area contributed by atoms with Gasteiger partial charge in [-0.15, -0.1) is 0 Å². The molecule has 1 aliphatic heterocycles. The summed E-state index contributed by atoms with van der Waals surface area (Å²) in [7, 11) is 3.27. The van der Waals surface area contributed by atoms with Crippen molar-refractivity contribution in [1.29, 1.82) is 0 Å². The van der Waals surface area contributed by atoms with Crippen LogP contribution in [0.4, 0.5) is 22.9 Å². The lowest BCUT2D eigenvalue weighted by atomic mass is 10.1. The Hall–Kier alpha value is -3.67. The first-order valence-electron chi connectivity index (χ1n) is 9.37. The Morgan fingerprint density at radius 2 is 1.86 bits per heavy atom. The van der Waals surface area contributed by atoms with Crippen molar-refractivity contribution in [3.8, 4) is 11.5 Å². The molecule has 0 spiro atoms. The second-order valence-electron chi connectivity index (χ2n) is 6.94. The number of benzene rings is 2. The first kappa shape index (κ1) is 18.7. The summed E-state index contributed by atoms with van der Waals surface area (Å²) in [5.74, 6) is 1.88. The average Bonchev–Trinajstić information content (AvgIpc) is 2.73. The van der Waals surface area contributed by atoms with Gasteiger partial charge in [0.15, 0.2) is 11.5 Å². The zero-order valence-electron chi connectivity index (χ0n) is 16.8. The first-order valence-corrected chi connectivity index (χ1v) is 9.37. The van der Waals surface area contributed by atoms with Crippen LogP contribution in [0.25, 0.3) is 6.08 Å². The number of anilines is 4. The number of nitrogens with two attached hydrogens (primary N) is 1. The van der Waals surface area contributed by atoms with Crippen LogP contribution in [-0.2, 0) is 6.54 Å². The fraction of sp³-hybridized carbons (Fsp3) is 0.174. The standard InChI is InChI=1S/C23H24N4O2/c1-15-5-4-6-16(11-15)25-20-13-23(24)26-19-9-10-27(14-18(19)20)17-7-8-21(28-2)22(12-17)29-3/h4-13H,14H2,1-3H3,(H3,24,25,26). The van der Waals surface area contributed by atoms with Crippen molar-refractivity contribution in [2.24, 2.45) is 0 Å². The number of hydrogen-bond donors (Lipinski definition) is 2. The van der Waals surface area contributed by atoms with E-state index in [1.807, 2.05) is 48.7 Å². The molecule has 0 unspecified atom stereocenters. The molecule has 29 heavy (non-hydrogen) atoms. The number of nitrogen functional groups attached to an aromatic ring is 1. The van der Waals surface area contributed by atoms with Gasteiger partial charge >= 0.3 is 0 Å². The summed E-state index contributed by atoms with van der Waals surface area (Å²) in [6.45, 7) is 2.73. The highest BCUT2D eigenvalue weighted by Crippen LogP contribution is 2.36. The molecule has 0 saturated carbocycles. The molecular formula is C23H24N4O2. The van der Waals surface area contributed by atoms with Crippen molar-refractivity contribution in [2.75, 3.05) is 30.2 Å². The van der Waals surface area contributed by atoms with Crippen molar-refractivity contribution in [1.82, 2.24) is 4.98 Å². The number of aromatic nitrogens is 1. The van der Waals surface area contributed by atoms with Crippen molar-refractivity contribution < 1.29 is 9.47 Å². The van der Waals surface area contributed by atoms with Crippen LogP contribution >= 0.6 is 0 Å². The Morgan fingerprint density at radius 1 is 1.03 bits per heavy atom. The number of pyridine rings is 1. The maximum atomic E-state index is 6.05. The molecule has 1 aliphatic rings. The molecule has 0 fully saturated rings. The van der Waals surface area contributed by atoms with Gasteiger partial charge in [-0.05, 0) is 42.8 Å². The highest BCUT2D eigenvalue weighted by atomic mass is 16.5. The van der Waals surface area contributed by atoms with Crippen molar-refractivity contribution >= 4 is 29.0 Å². The highest BCUT2D eigenvalue weighted by Gasteiger charge is 2.19. The number of aryl methyl sites for hydroxylation is 1. The van der Waals surface area contributed by atoms with E-state index in [-0.39, 0.29) is 0 Å². The van der Waals surface area contributed by atoms with Crippen LogP contribution in [0.2, 0.25) is 0 Å². The minimum Gasteiger partial charge on any atom is -0.493 e. The summed E-state index contributed by atoms with van der Waals surface area (Å²) in [4.78, 5) is 6.64. The van der Waals surface area contributed by atoms with Crippen LogP contribution in [0.5, 0.6) is 11.5 Å². The third-order valence-electron chi connectivity index (χ3n) is 4.91. The van der Waals surface area contributed by atoms with E-state index in [4.69, 9.17) is 15.2 Å². The van der Waals surface area contributed by atoms with E-state index in [0.717, 1.165) is 28.3 Å². The van der Waals surface area contributed by atoms with Gasteiger partial charge in [-0.1, -0.05) is 12.1 Å². The monoisotopic (exact) mass is 388 g/mol. The summed E-state index contributed by atoms with van der Waals surface area (Å²) in [5.41, 5.74) is 12.2. The van der Waals surface area contributed by atoms with E-state index in [1.54, 1.807) is 14.2 Å². The van der Waals surface area contributed by atoms with Gasteiger partial charge in [-0.2, -0.15) is 0 Å². The second kappa shape index (κ2) is 7.75. The Bertz CT molecular complexity index is 1080. The van der Waals surface area contributed by atoms with E-state index < -0.39 is 0 Å². The Labute approximate surface area is 170 Å². The SMILES string of the molecule is COc1ccc(N2C=Cc3nc(N)cc(Nc4cccc(C)c4)c3C2)cc1OC. The van der Waals surface area contributed by atoms with Gasteiger partial charge in [0.05, 0.1) is 26.5 Å². The molecular weight excluding hydrogens is 364 g/mol. The molecule has 6 nitrogen and oxygen atoms in total. The number of ether oxygens (including phenoxy) is 2. The van der Waals surface area contributed by atoms with Crippen molar-refractivity contribution in [3.63, 3.8) is 0 Å². The zero-order chi connectivity index (χ0) is 20.4. The molecule has 3 N–H and O–H groups in total. The van der Waals surface area contributed by atoms with E-state index >= 15 is 0 Å². The zero-order valence-corrected chi connectivity index (χ0v) is 16.8. The Balaban J connectivity index is 1.68. The molecule has 2 heterocycles. The molecule has 0 radical (unpaired) electrons. The first-order chi connectivity index (χ1) is 14.1. The molecule has 0 amide bonds. The van der Waals surface area contributed by atoms with Gasteiger partial charge < -0.3 is 25.4 Å². The van der Waals surface area contributed by atoms with Gasteiger partial charge in [0.2, 0.25) is 0 Å². The minimum absolute atomic E-state index is 0.489. The third-order valence-corrected chi connectivity index (χ3v) is 4.91. The minimum atomic E-state index is 0.489. The van der Waals surface area contributed by atoms with Crippen LogP contribution < -0.4 is 25.4 Å². The maximum absolute atomic E-state index is 6.05. The van der Waals surface area contributed by atoms with Crippen LogP contribution in [0.1, 0.15) is 16.8 Å². The molecule has 148 valence electrons. The number of nitrogens with zero attached hydrogens (tertiary/aromatic N) is 2. The summed E-state index contributed by atoms with van der Waals surface area (Å²) in [6, 6.07) is 16.0. The van der Waals surface area contributed by atoms with Crippen LogP contribution in [0, 0.1) is 6.92 Å². The molecule has 4 rings (SSSR count). The van der Waals surface area contributed by atoms with Crippen molar-refractivity contribution in [2.45, 2.75) is 13.5 Å². The summed E-state index contributed by atoms with van der Waals surface area (Å²) >= 11 is 0. The van der Waals surface area contributed by atoms with Gasteiger partial charge in [0.25, 0.3) is 0 Å². The normalized spacial score (nSPS) is 12.4. The van der Waals surface area contributed by atoms with Crippen LogP contribution in [0.3, 0.4) is 0 Å². The van der Waals surface area contributed by atoms with Gasteiger partial charge in [0, 0.05) is 41.0 Å². The maximum Gasteiger partial charge on any atom is 0.162 e. The van der Waals surface area contributed by atoms with Crippen LogP contribution in [0.15, 0.2) is 54.7 Å². The lowest BCUT2D eigenvalue weighted by Gasteiger charge is -2.27. The Morgan fingerprint density at radius 3 is 2.62 bits per heavy atom. The smallest absolute Gasteiger partial charge is 0.162 e. The predicted octanol–water partition coefficient (Wildman–Crippen LogP) is 4.72. The van der Waals surface area contributed by atoms with E-state index in [0.29, 0.717) is 23.9 Å². The number of hydrogen-bond acceptors (Lipinski definition) is 6. The largest absolute Gasteiger partial charge is 0.493 e. The number of nitrogens with one attached hydrogen (secondary N) is 1. The van der Waals surface area contributed by atoms with E-state index in [1.165, 1.54) is 5.56 Å². The molecule has 0 saturated heterocycles. The molecule has 1 aromatic heterocycles. The van der Waals surface area contributed by atoms with Gasteiger partial charge in [-0.3, -0.25) is 0 Å². The average molecular weight is 388 g/mol. The highest BCUT2D eigenvalue weighted by molar-refractivity contribution is 5.75. The summed E-state index contributed by atoms with van der Waals surface area (Å²) in [6.07, 6.45) is 3.99. The molecule has 0 bridgehead atoms. The lowest BCUT2D eigenvalue weighted by molar-refractivity contribution is 0.355. The Kier molecular flexibility index (Phi) is 4.99. The molecule has 6 heteroatoms. The van der Waals surface area contributed by atoms with E-state index in [9.17, 15) is 0 Å². The quantitative estimate of drug-likeness (QED) is 0.659. The second-order valence-corrected chi connectivity index (χ2v) is 6.94. The number of rotatable bonds is 5. The third kappa shape index (κ3) is 3.82. The van der Waals surface area contributed by atoms with Gasteiger partial charge in [0.1, 0.15) is 5.82 Å². The summed E-state index contributed by atoms with van der Waals surface area (Å²) in [5, 5.41) is 3.50. The topological polar surface area (TPSA) is 72.6 Å². The van der Waals surface area contributed by atoms with Gasteiger partial charge in [-0.25, -0.2) is 4.98 Å². The molecule has 3 aromatic rings. The number of methoxy groups -OCH3 is 2. The molecule has 0 atom stereocenters. The van der Waals surface area contributed by atoms with Crippen LogP contribution in [-0.4, -0.2) is 19.2 Å². The molecule has 0 aliphatic carbocycles.